The van der Waals surface area contributed by atoms with Crippen molar-refractivity contribution in [3.05, 3.63) is 64.2 Å². The molecule has 7 nitrogen and oxygen atoms in total. The summed E-state index contributed by atoms with van der Waals surface area (Å²) in [6.07, 6.45) is 3.45. The number of carbonyl (C=O) groups is 1. The van der Waals surface area contributed by atoms with Gasteiger partial charge in [0.05, 0.1) is 29.3 Å². The van der Waals surface area contributed by atoms with E-state index in [0.717, 1.165) is 46.9 Å². The predicted octanol–water partition coefficient (Wildman–Crippen LogP) is 3.25. The first-order chi connectivity index (χ1) is 13.9. The summed E-state index contributed by atoms with van der Waals surface area (Å²) >= 11 is 6.05. The second-order valence-electron chi connectivity index (χ2n) is 7.41. The van der Waals surface area contributed by atoms with Gasteiger partial charge >= 0.3 is 0 Å². The van der Waals surface area contributed by atoms with Crippen LogP contribution in [0.1, 0.15) is 29.6 Å². The van der Waals surface area contributed by atoms with Gasteiger partial charge in [-0.05, 0) is 50.5 Å². The van der Waals surface area contributed by atoms with Crippen LogP contribution in [0.4, 0.5) is 11.4 Å². The number of anilines is 2. The SMILES string of the molecule is Cc1nc(CCc2cn(Cc3cccc(Cl)c3)nn2)cc2c1NC(=O)[C@H](C)N2C. The molecule has 1 N–H and O–H groups in total. The first-order valence-electron chi connectivity index (χ1n) is 9.58. The fourth-order valence-corrected chi connectivity index (χ4v) is 3.71. The van der Waals surface area contributed by atoms with Crippen LogP contribution in [0.15, 0.2) is 36.5 Å². The first kappa shape index (κ1) is 19.4. The number of nitrogens with zero attached hydrogens (tertiary/aromatic N) is 5. The van der Waals surface area contributed by atoms with Crippen LogP contribution >= 0.6 is 11.6 Å². The molecule has 2 aromatic heterocycles. The van der Waals surface area contributed by atoms with E-state index >= 15 is 0 Å². The number of rotatable bonds is 5. The number of amides is 1. The van der Waals surface area contributed by atoms with Crippen LogP contribution in [0.3, 0.4) is 0 Å². The van der Waals surface area contributed by atoms with Gasteiger partial charge in [0.25, 0.3) is 0 Å². The Morgan fingerprint density at radius 1 is 1.21 bits per heavy atom. The molecule has 1 atom stereocenters. The molecule has 0 spiro atoms. The number of benzene rings is 1. The largest absolute Gasteiger partial charge is 0.361 e. The van der Waals surface area contributed by atoms with E-state index in [2.05, 4.69) is 26.7 Å². The molecule has 3 aromatic rings. The van der Waals surface area contributed by atoms with Crippen molar-refractivity contribution < 1.29 is 4.79 Å². The number of aromatic nitrogens is 4. The number of pyridine rings is 1. The monoisotopic (exact) mass is 410 g/mol. The highest BCUT2D eigenvalue weighted by Crippen LogP contribution is 2.33. The Balaban J connectivity index is 1.45. The van der Waals surface area contributed by atoms with Gasteiger partial charge in [-0.25, -0.2) is 4.68 Å². The normalized spacial score (nSPS) is 15.9. The highest BCUT2D eigenvalue weighted by atomic mass is 35.5. The van der Waals surface area contributed by atoms with Crippen molar-refractivity contribution in [3.8, 4) is 0 Å². The van der Waals surface area contributed by atoms with Crippen LogP contribution in [-0.4, -0.2) is 39.0 Å². The number of aryl methyl sites for hydroxylation is 3. The molecule has 29 heavy (non-hydrogen) atoms. The third-order valence-corrected chi connectivity index (χ3v) is 5.51. The molecule has 0 saturated heterocycles. The molecule has 0 bridgehead atoms. The molecule has 1 aromatic carbocycles. The van der Waals surface area contributed by atoms with Crippen molar-refractivity contribution >= 4 is 28.9 Å². The van der Waals surface area contributed by atoms with Gasteiger partial charge in [-0.3, -0.25) is 9.78 Å². The highest BCUT2D eigenvalue weighted by Gasteiger charge is 2.28. The Kier molecular flexibility index (Phi) is 5.24. The standard InChI is InChI=1S/C21H23ClN6O/c1-13-20-19(27(3)14(2)21(29)24-20)10-17(23-13)7-8-18-12-28(26-25-18)11-15-5-4-6-16(22)9-15/h4-6,9-10,12,14H,7-8,11H2,1-3H3,(H,24,29)/t14-/m0/s1. The Hall–Kier alpha value is -2.93. The summed E-state index contributed by atoms with van der Waals surface area (Å²) in [7, 11) is 1.94. The zero-order valence-electron chi connectivity index (χ0n) is 16.7. The van der Waals surface area contributed by atoms with Crippen molar-refractivity contribution in [3.63, 3.8) is 0 Å². The van der Waals surface area contributed by atoms with E-state index in [-0.39, 0.29) is 11.9 Å². The van der Waals surface area contributed by atoms with Crippen LogP contribution in [0.2, 0.25) is 5.02 Å². The fraction of sp³-hybridized carbons (Fsp3) is 0.333. The van der Waals surface area contributed by atoms with Gasteiger partial charge in [-0.1, -0.05) is 28.9 Å². The number of likely N-dealkylation sites (N-methyl/N-ethyl adjacent to an activating group) is 1. The molecule has 0 radical (unpaired) electrons. The van der Waals surface area contributed by atoms with Gasteiger partial charge in [0, 0.05) is 24.0 Å². The van der Waals surface area contributed by atoms with Crippen molar-refractivity contribution in [2.75, 3.05) is 17.3 Å². The molecule has 0 unspecified atom stereocenters. The summed E-state index contributed by atoms with van der Waals surface area (Å²) in [4.78, 5) is 18.7. The summed E-state index contributed by atoms with van der Waals surface area (Å²) in [6.45, 7) is 4.45. The Bertz CT molecular complexity index is 1060. The minimum absolute atomic E-state index is 0.00559. The molecule has 1 amide bonds. The van der Waals surface area contributed by atoms with E-state index in [1.54, 1.807) is 0 Å². The van der Waals surface area contributed by atoms with E-state index in [1.807, 2.05) is 60.9 Å². The molecule has 0 fully saturated rings. The number of carbonyl (C=O) groups excluding carboxylic acids is 1. The van der Waals surface area contributed by atoms with Gasteiger partial charge in [-0.15, -0.1) is 5.10 Å². The van der Waals surface area contributed by atoms with Crippen molar-refractivity contribution in [1.82, 2.24) is 20.0 Å². The van der Waals surface area contributed by atoms with Gasteiger partial charge < -0.3 is 10.2 Å². The lowest BCUT2D eigenvalue weighted by Crippen LogP contribution is -2.44. The molecule has 0 aliphatic carbocycles. The topological polar surface area (TPSA) is 75.9 Å². The van der Waals surface area contributed by atoms with E-state index < -0.39 is 0 Å². The van der Waals surface area contributed by atoms with E-state index in [4.69, 9.17) is 11.6 Å². The molecule has 150 valence electrons. The fourth-order valence-electron chi connectivity index (χ4n) is 3.50. The van der Waals surface area contributed by atoms with Crippen LogP contribution < -0.4 is 10.2 Å². The van der Waals surface area contributed by atoms with Gasteiger partial charge in [0.15, 0.2) is 0 Å². The van der Waals surface area contributed by atoms with E-state index in [9.17, 15) is 4.79 Å². The summed E-state index contributed by atoms with van der Waals surface area (Å²) in [6, 6.07) is 9.58. The van der Waals surface area contributed by atoms with Gasteiger partial charge in [0.1, 0.15) is 6.04 Å². The summed E-state index contributed by atoms with van der Waals surface area (Å²) in [5.74, 6) is -0.00559. The predicted molar refractivity (Wildman–Crippen MR) is 113 cm³/mol. The lowest BCUT2D eigenvalue weighted by atomic mass is 10.1. The number of hydrogen-bond acceptors (Lipinski definition) is 5. The maximum atomic E-state index is 12.1. The Morgan fingerprint density at radius 2 is 2.00 bits per heavy atom. The number of nitrogens with one attached hydrogen (secondary N) is 1. The van der Waals surface area contributed by atoms with Crippen molar-refractivity contribution in [2.45, 2.75) is 39.3 Å². The summed E-state index contributed by atoms with van der Waals surface area (Å²) in [5.41, 5.74) is 5.60. The summed E-state index contributed by atoms with van der Waals surface area (Å²) < 4.78 is 1.82. The third kappa shape index (κ3) is 4.10. The van der Waals surface area contributed by atoms with Gasteiger partial charge in [0.2, 0.25) is 5.91 Å². The molecule has 3 heterocycles. The number of halogens is 1. The maximum Gasteiger partial charge on any atom is 0.246 e. The Morgan fingerprint density at radius 3 is 2.79 bits per heavy atom. The highest BCUT2D eigenvalue weighted by molar-refractivity contribution is 6.30. The molecule has 1 aliphatic heterocycles. The molecule has 0 saturated carbocycles. The summed E-state index contributed by atoms with van der Waals surface area (Å²) in [5, 5.41) is 12.2. The van der Waals surface area contributed by atoms with Crippen molar-refractivity contribution in [2.24, 2.45) is 0 Å². The minimum Gasteiger partial charge on any atom is -0.361 e. The third-order valence-electron chi connectivity index (χ3n) is 5.28. The van der Waals surface area contributed by atoms with Crippen LogP contribution in [0.5, 0.6) is 0 Å². The average molecular weight is 411 g/mol. The van der Waals surface area contributed by atoms with Crippen LogP contribution in [0, 0.1) is 6.92 Å². The quantitative estimate of drug-likeness (QED) is 0.698. The molecular weight excluding hydrogens is 388 g/mol. The molecular formula is C21H23ClN6O. The van der Waals surface area contributed by atoms with Crippen LogP contribution in [0.25, 0.3) is 0 Å². The van der Waals surface area contributed by atoms with Gasteiger partial charge in [-0.2, -0.15) is 0 Å². The first-order valence-corrected chi connectivity index (χ1v) is 9.96. The zero-order valence-corrected chi connectivity index (χ0v) is 17.4. The number of fused-ring (bicyclic) bond motifs is 1. The molecule has 8 heteroatoms. The smallest absolute Gasteiger partial charge is 0.246 e. The lowest BCUT2D eigenvalue weighted by molar-refractivity contribution is -0.117. The Labute approximate surface area is 174 Å². The second kappa shape index (κ2) is 7.83. The number of hydrogen-bond donors (Lipinski definition) is 1. The van der Waals surface area contributed by atoms with E-state index in [1.165, 1.54) is 0 Å². The van der Waals surface area contributed by atoms with Crippen molar-refractivity contribution in [1.29, 1.82) is 0 Å². The molecule has 4 rings (SSSR count). The maximum absolute atomic E-state index is 12.1. The zero-order chi connectivity index (χ0) is 20.5. The lowest BCUT2D eigenvalue weighted by Gasteiger charge is -2.34. The minimum atomic E-state index is -0.205. The molecule has 1 aliphatic rings. The average Bonchev–Trinajstić information content (AvgIpc) is 3.13. The van der Waals surface area contributed by atoms with Crippen LogP contribution in [-0.2, 0) is 24.2 Å². The van der Waals surface area contributed by atoms with E-state index in [0.29, 0.717) is 11.6 Å². The second-order valence-corrected chi connectivity index (χ2v) is 7.84.